The van der Waals surface area contributed by atoms with Crippen molar-refractivity contribution < 1.29 is 19.7 Å². The SMILES string of the molecule is CCC/C=C1\CCN([C@@H]2CCC3(O)[C@H]4Cc5ccc(O)c6c5[C@@]3(CCN4CC3CC3)[C@H]2O6)C1=O. The molecule has 1 spiro atoms. The van der Waals surface area contributed by atoms with Gasteiger partial charge in [0.05, 0.1) is 17.1 Å². The summed E-state index contributed by atoms with van der Waals surface area (Å²) >= 11 is 0. The van der Waals surface area contributed by atoms with Gasteiger partial charge in [-0.1, -0.05) is 25.5 Å². The van der Waals surface area contributed by atoms with Crippen molar-refractivity contribution >= 4 is 5.91 Å². The lowest BCUT2D eigenvalue weighted by atomic mass is 9.48. The average molecular weight is 465 g/mol. The highest BCUT2D eigenvalue weighted by Crippen LogP contribution is 2.66. The lowest BCUT2D eigenvalue weighted by Crippen LogP contribution is -2.78. The number of amides is 1. The van der Waals surface area contributed by atoms with Gasteiger partial charge >= 0.3 is 0 Å². The van der Waals surface area contributed by atoms with Crippen LogP contribution >= 0.6 is 0 Å². The molecule has 6 aliphatic rings. The molecule has 7 rings (SSSR count). The molecular weight excluding hydrogens is 428 g/mol. The minimum Gasteiger partial charge on any atom is -0.504 e. The van der Waals surface area contributed by atoms with Gasteiger partial charge in [-0.05, 0) is 75.5 Å². The molecule has 3 aliphatic heterocycles. The summed E-state index contributed by atoms with van der Waals surface area (Å²) in [6, 6.07) is 3.81. The molecule has 5 atom stereocenters. The summed E-state index contributed by atoms with van der Waals surface area (Å²) in [6.07, 6.45) is 10.2. The van der Waals surface area contributed by atoms with E-state index in [1.807, 2.05) is 11.0 Å². The van der Waals surface area contributed by atoms with Gasteiger partial charge in [0.1, 0.15) is 6.10 Å². The molecule has 2 bridgehead atoms. The third kappa shape index (κ3) is 2.62. The van der Waals surface area contributed by atoms with Gasteiger partial charge < -0.3 is 19.8 Å². The number of piperidine rings is 1. The van der Waals surface area contributed by atoms with E-state index in [2.05, 4.69) is 17.9 Å². The second-order valence-corrected chi connectivity index (χ2v) is 11.7. The molecule has 6 nitrogen and oxygen atoms in total. The van der Waals surface area contributed by atoms with Crippen molar-refractivity contribution in [3.05, 3.63) is 34.9 Å². The lowest BCUT2D eigenvalue weighted by molar-refractivity contribution is -0.200. The molecule has 3 aliphatic carbocycles. The number of carbonyl (C=O) groups is 1. The van der Waals surface area contributed by atoms with Gasteiger partial charge in [0.2, 0.25) is 5.91 Å². The van der Waals surface area contributed by atoms with Crippen LogP contribution in [0.3, 0.4) is 0 Å². The first-order valence-electron chi connectivity index (χ1n) is 13.5. The van der Waals surface area contributed by atoms with Gasteiger partial charge in [-0.15, -0.1) is 0 Å². The van der Waals surface area contributed by atoms with E-state index in [1.54, 1.807) is 6.07 Å². The van der Waals surface area contributed by atoms with Crippen molar-refractivity contribution in [3.8, 4) is 11.5 Å². The molecule has 2 saturated carbocycles. The number of hydrogen-bond acceptors (Lipinski definition) is 5. The molecule has 1 aromatic carbocycles. The maximum absolute atomic E-state index is 13.4. The number of unbranched alkanes of at least 4 members (excludes halogenated alkanes) is 1. The summed E-state index contributed by atoms with van der Waals surface area (Å²) in [5.41, 5.74) is 1.73. The first-order chi connectivity index (χ1) is 16.5. The van der Waals surface area contributed by atoms with Crippen LogP contribution in [-0.2, 0) is 16.6 Å². The molecule has 34 heavy (non-hydrogen) atoms. The third-order valence-corrected chi connectivity index (χ3v) is 9.97. The van der Waals surface area contributed by atoms with Gasteiger partial charge in [-0.3, -0.25) is 9.69 Å². The van der Waals surface area contributed by atoms with Crippen LogP contribution in [0.4, 0.5) is 0 Å². The molecule has 1 unspecified atom stereocenters. The fraction of sp³-hybridized carbons (Fsp3) is 0.679. The Hall–Kier alpha value is -2.05. The van der Waals surface area contributed by atoms with Crippen LogP contribution in [0.5, 0.6) is 11.5 Å². The first-order valence-corrected chi connectivity index (χ1v) is 13.5. The number of hydrogen-bond donors (Lipinski definition) is 2. The minimum absolute atomic E-state index is 0.0752. The predicted molar refractivity (Wildman–Crippen MR) is 128 cm³/mol. The quantitative estimate of drug-likeness (QED) is 0.655. The summed E-state index contributed by atoms with van der Waals surface area (Å²) in [6.45, 7) is 4.88. The van der Waals surface area contributed by atoms with E-state index in [4.69, 9.17) is 4.74 Å². The monoisotopic (exact) mass is 464 g/mol. The summed E-state index contributed by atoms with van der Waals surface area (Å²) in [7, 11) is 0. The number of aromatic hydroxyl groups is 1. The topological polar surface area (TPSA) is 73.2 Å². The number of aliphatic hydroxyl groups is 1. The number of likely N-dealkylation sites (tertiary alicyclic amines) is 2. The number of phenolic OH excluding ortho intramolecular Hbond substituents is 1. The van der Waals surface area contributed by atoms with Crippen LogP contribution in [0.2, 0.25) is 0 Å². The van der Waals surface area contributed by atoms with Crippen molar-refractivity contribution in [2.45, 2.75) is 93.9 Å². The van der Waals surface area contributed by atoms with Gasteiger partial charge in [0.15, 0.2) is 11.5 Å². The Morgan fingerprint density at radius 1 is 1.21 bits per heavy atom. The number of ether oxygens (including phenoxy) is 1. The lowest BCUT2D eigenvalue weighted by Gasteiger charge is -2.64. The Balaban J connectivity index is 1.31. The van der Waals surface area contributed by atoms with Crippen LogP contribution < -0.4 is 4.74 Å². The van der Waals surface area contributed by atoms with Crippen LogP contribution in [0.1, 0.15) is 69.4 Å². The van der Waals surface area contributed by atoms with Gasteiger partial charge in [-0.2, -0.15) is 0 Å². The van der Waals surface area contributed by atoms with E-state index in [0.29, 0.717) is 12.2 Å². The largest absolute Gasteiger partial charge is 0.504 e. The average Bonchev–Trinajstić information content (AvgIpc) is 3.46. The predicted octanol–water partition coefficient (Wildman–Crippen LogP) is 3.28. The first kappa shape index (κ1) is 21.3. The van der Waals surface area contributed by atoms with E-state index in [9.17, 15) is 15.0 Å². The Labute approximate surface area is 201 Å². The molecule has 2 N–H and O–H groups in total. The third-order valence-electron chi connectivity index (χ3n) is 9.97. The molecule has 3 heterocycles. The second-order valence-electron chi connectivity index (χ2n) is 11.7. The van der Waals surface area contributed by atoms with E-state index in [0.717, 1.165) is 75.2 Å². The fourth-order valence-electron chi connectivity index (χ4n) is 8.23. The highest BCUT2D eigenvalue weighted by atomic mass is 16.5. The number of benzene rings is 1. The van der Waals surface area contributed by atoms with E-state index < -0.39 is 11.0 Å². The Morgan fingerprint density at radius 2 is 2.06 bits per heavy atom. The van der Waals surface area contributed by atoms with Crippen molar-refractivity contribution in [2.75, 3.05) is 19.6 Å². The molecule has 1 amide bonds. The number of phenols is 1. The van der Waals surface area contributed by atoms with E-state index >= 15 is 0 Å². The maximum atomic E-state index is 13.4. The van der Waals surface area contributed by atoms with Crippen LogP contribution in [0.15, 0.2) is 23.8 Å². The fourth-order valence-corrected chi connectivity index (χ4v) is 8.23. The van der Waals surface area contributed by atoms with E-state index in [1.165, 1.54) is 18.4 Å². The van der Waals surface area contributed by atoms with Gasteiger partial charge in [0.25, 0.3) is 0 Å². The zero-order valence-electron chi connectivity index (χ0n) is 20.1. The van der Waals surface area contributed by atoms with Crippen molar-refractivity contribution in [3.63, 3.8) is 0 Å². The highest BCUT2D eigenvalue weighted by Gasteiger charge is 2.73. The Kier molecular flexibility index (Phi) is 4.52. The summed E-state index contributed by atoms with van der Waals surface area (Å²) in [5.74, 6) is 1.65. The van der Waals surface area contributed by atoms with Crippen LogP contribution in [0, 0.1) is 5.92 Å². The summed E-state index contributed by atoms with van der Waals surface area (Å²) in [5, 5.41) is 23.4. The highest BCUT2D eigenvalue weighted by molar-refractivity contribution is 5.96. The molecule has 1 aromatic rings. The number of carbonyl (C=O) groups excluding carboxylic acids is 1. The standard InChI is InChI=1S/C28H36N2O4/c1-2-3-4-18-10-13-30(26(18)32)20-9-11-28(33)22-15-19-7-8-21(31)24-23(19)27(28,25(20)34-24)12-14-29(22)16-17-5-6-17/h4,7-8,17,20,22,25,31,33H,2-3,5-6,9-16H2,1H3/b18-4+/t20-,22-,25+,27+,28?/m1/s1. The van der Waals surface area contributed by atoms with Crippen LogP contribution in [0.25, 0.3) is 0 Å². The maximum Gasteiger partial charge on any atom is 0.249 e. The van der Waals surface area contributed by atoms with Gasteiger partial charge in [-0.25, -0.2) is 0 Å². The molecule has 0 radical (unpaired) electrons. The zero-order valence-corrected chi connectivity index (χ0v) is 20.1. The summed E-state index contributed by atoms with van der Waals surface area (Å²) < 4.78 is 6.65. The number of allylic oxidation sites excluding steroid dienone is 1. The molecular formula is C28H36N2O4. The number of nitrogens with zero attached hydrogens (tertiary/aromatic N) is 2. The van der Waals surface area contributed by atoms with Crippen molar-refractivity contribution in [2.24, 2.45) is 5.92 Å². The molecule has 2 saturated heterocycles. The molecule has 6 heteroatoms. The second kappa shape index (κ2) is 7.23. The van der Waals surface area contributed by atoms with Crippen molar-refractivity contribution in [1.82, 2.24) is 9.80 Å². The van der Waals surface area contributed by atoms with Gasteiger partial charge in [0, 0.05) is 30.3 Å². The smallest absolute Gasteiger partial charge is 0.249 e. The summed E-state index contributed by atoms with van der Waals surface area (Å²) in [4.78, 5) is 18.0. The number of rotatable bonds is 5. The molecule has 182 valence electrons. The molecule has 0 aromatic heterocycles. The van der Waals surface area contributed by atoms with E-state index in [-0.39, 0.29) is 29.8 Å². The Bertz CT molecular complexity index is 1080. The zero-order chi connectivity index (χ0) is 23.2. The molecule has 4 fully saturated rings. The van der Waals surface area contributed by atoms with Crippen LogP contribution in [-0.4, -0.2) is 69.3 Å². The minimum atomic E-state index is -0.892. The van der Waals surface area contributed by atoms with Crippen molar-refractivity contribution in [1.29, 1.82) is 0 Å². The normalized spacial score (nSPS) is 39.5. The Morgan fingerprint density at radius 3 is 2.85 bits per heavy atom.